The molecule has 7 heteroatoms. The summed E-state index contributed by atoms with van der Waals surface area (Å²) >= 11 is 0. The Morgan fingerprint density at radius 2 is 2.00 bits per heavy atom. The molecule has 5 rings (SSSR count). The van der Waals surface area contributed by atoms with Gasteiger partial charge in [0.2, 0.25) is 24.5 Å². The van der Waals surface area contributed by atoms with Gasteiger partial charge >= 0.3 is 0 Å². The Hall–Kier alpha value is -2.57. The summed E-state index contributed by atoms with van der Waals surface area (Å²) in [7, 11) is 0. The molecule has 3 aliphatic rings. The van der Waals surface area contributed by atoms with Crippen LogP contribution in [-0.4, -0.2) is 40.4 Å². The summed E-state index contributed by atoms with van der Waals surface area (Å²) in [6.45, 7) is 8.06. The fourth-order valence-corrected chi connectivity index (χ4v) is 5.61. The van der Waals surface area contributed by atoms with Crippen molar-refractivity contribution in [2.45, 2.75) is 58.9 Å². The zero-order chi connectivity index (χ0) is 20.2. The van der Waals surface area contributed by atoms with Gasteiger partial charge in [0.05, 0.1) is 0 Å². The summed E-state index contributed by atoms with van der Waals surface area (Å²) in [5, 5.41) is 8.26. The van der Waals surface area contributed by atoms with Crippen LogP contribution in [0.15, 0.2) is 22.6 Å². The van der Waals surface area contributed by atoms with Crippen molar-refractivity contribution < 1.29 is 18.7 Å². The van der Waals surface area contributed by atoms with Gasteiger partial charge in [-0.2, -0.15) is 0 Å². The van der Waals surface area contributed by atoms with Crippen molar-refractivity contribution in [1.29, 1.82) is 0 Å². The van der Waals surface area contributed by atoms with Crippen LogP contribution in [0.3, 0.4) is 0 Å². The lowest BCUT2D eigenvalue weighted by atomic mass is 9.65. The molecule has 1 aromatic heterocycles. The molecule has 0 unspecified atom stereocenters. The number of aromatic nitrogens is 2. The smallest absolute Gasteiger partial charge is 0.247 e. The lowest BCUT2D eigenvalue weighted by Crippen LogP contribution is -2.37. The van der Waals surface area contributed by atoms with Crippen molar-refractivity contribution in [3.8, 4) is 23.0 Å². The number of nitrogens with zero attached hydrogens (tertiary/aromatic N) is 3. The van der Waals surface area contributed by atoms with Crippen LogP contribution in [0.4, 0.5) is 0 Å². The van der Waals surface area contributed by atoms with Gasteiger partial charge in [-0.05, 0) is 48.3 Å². The minimum absolute atomic E-state index is 0.194. The number of aryl methyl sites for hydroxylation is 1. The van der Waals surface area contributed by atoms with E-state index in [0.29, 0.717) is 47.6 Å². The molecule has 3 heterocycles. The molecule has 1 saturated heterocycles. The lowest BCUT2D eigenvalue weighted by Gasteiger charge is -2.39. The molecule has 2 atom stereocenters. The first-order chi connectivity index (χ1) is 13.8. The van der Waals surface area contributed by atoms with E-state index >= 15 is 0 Å². The first kappa shape index (κ1) is 18.5. The molecule has 1 aliphatic carbocycles. The highest BCUT2D eigenvalue weighted by Crippen LogP contribution is 2.52. The van der Waals surface area contributed by atoms with Gasteiger partial charge in [0, 0.05) is 31.0 Å². The van der Waals surface area contributed by atoms with E-state index in [-0.39, 0.29) is 18.1 Å². The minimum Gasteiger partial charge on any atom is -0.454 e. The number of fused-ring (bicyclic) bond motifs is 3. The van der Waals surface area contributed by atoms with Crippen LogP contribution >= 0.6 is 0 Å². The maximum absolute atomic E-state index is 12.9. The average Bonchev–Trinajstić information content (AvgIpc) is 3.35. The first-order valence-corrected chi connectivity index (χ1v) is 10.3. The second-order valence-corrected chi connectivity index (χ2v) is 9.80. The Morgan fingerprint density at radius 1 is 1.17 bits per heavy atom. The molecule has 2 aliphatic heterocycles. The van der Waals surface area contributed by atoms with Crippen molar-refractivity contribution in [2.24, 2.45) is 10.8 Å². The second kappa shape index (κ2) is 6.47. The van der Waals surface area contributed by atoms with Gasteiger partial charge in [0.15, 0.2) is 11.5 Å². The number of carbonyl (C=O) groups is 1. The molecule has 2 bridgehead atoms. The second-order valence-electron chi connectivity index (χ2n) is 9.80. The summed E-state index contributed by atoms with van der Waals surface area (Å²) in [5.41, 5.74) is 1.33. The molecule has 2 fully saturated rings. The van der Waals surface area contributed by atoms with Crippen LogP contribution in [0, 0.1) is 10.8 Å². The molecule has 0 N–H and O–H groups in total. The third kappa shape index (κ3) is 3.47. The van der Waals surface area contributed by atoms with Crippen LogP contribution in [0.1, 0.15) is 52.3 Å². The molecule has 1 amide bonds. The Balaban J connectivity index is 1.23. The minimum atomic E-state index is 0.194. The van der Waals surface area contributed by atoms with Crippen molar-refractivity contribution in [3.63, 3.8) is 0 Å². The van der Waals surface area contributed by atoms with E-state index in [1.54, 1.807) is 0 Å². The topological polar surface area (TPSA) is 77.7 Å². The molecule has 0 radical (unpaired) electrons. The number of rotatable bonds is 4. The third-order valence-electron chi connectivity index (χ3n) is 6.37. The van der Waals surface area contributed by atoms with Crippen molar-refractivity contribution in [1.82, 2.24) is 15.1 Å². The number of ether oxygens (including phenoxy) is 2. The molecular formula is C22H27N3O4. The van der Waals surface area contributed by atoms with Gasteiger partial charge in [-0.25, -0.2) is 0 Å². The molecule has 7 nitrogen and oxygen atoms in total. The Kier molecular flexibility index (Phi) is 4.12. The quantitative estimate of drug-likeness (QED) is 0.780. The van der Waals surface area contributed by atoms with Crippen molar-refractivity contribution >= 4 is 5.91 Å². The predicted octanol–water partition coefficient (Wildman–Crippen LogP) is 3.83. The van der Waals surface area contributed by atoms with Gasteiger partial charge < -0.3 is 18.8 Å². The zero-order valence-corrected chi connectivity index (χ0v) is 17.2. The molecule has 1 saturated carbocycles. The lowest BCUT2D eigenvalue weighted by molar-refractivity contribution is -0.132. The van der Waals surface area contributed by atoms with Crippen molar-refractivity contribution in [2.75, 3.05) is 13.3 Å². The van der Waals surface area contributed by atoms with Crippen molar-refractivity contribution in [3.05, 3.63) is 24.1 Å². The van der Waals surface area contributed by atoms with Crippen LogP contribution in [0.25, 0.3) is 11.5 Å². The maximum Gasteiger partial charge on any atom is 0.247 e. The van der Waals surface area contributed by atoms with Crippen LogP contribution < -0.4 is 9.47 Å². The highest BCUT2D eigenvalue weighted by atomic mass is 16.7. The van der Waals surface area contributed by atoms with Gasteiger partial charge in [-0.1, -0.05) is 20.8 Å². The highest BCUT2D eigenvalue weighted by Gasteiger charge is 2.50. The number of benzene rings is 1. The van der Waals surface area contributed by atoms with E-state index in [1.807, 2.05) is 18.2 Å². The fraction of sp³-hybridized carbons (Fsp3) is 0.591. The molecule has 1 aromatic carbocycles. The van der Waals surface area contributed by atoms with Crippen LogP contribution in [-0.2, 0) is 11.2 Å². The average molecular weight is 397 g/mol. The largest absolute Gasteiger partial charge is 0.454 e. The van der Waals surface area contributed by atoms with E-state index in [2.05, 4.69) is 35.9 Å². The van der Waals surface area contributed by atoms with E-state index in [0.717, 1.165) is 24.9 Å². The standard InChI is InChI=1S/C22H27N3O4/c1-21(2)9-15-10-22(3,11-21)12-25(15)19(26)7-6-18-23-24-20(29-18)14-4-5-16-17(8-14)28-13-27-16/h4-5,8,15H,6-7,9-13H2,1-3H3/t15-,22-/m1/s1. The van der Waals surface area contributed by atoms with E-state index in [9.17, 15) is 4.79 Å². The van der Waals surface area contributed by atoms with Gasteiger partial charge in [-0.3, -0.25) is 4.79 Å². The molecule has 29 heavy (non-hydrogen) atoms. The van der Waals surface area contributed by atoms with E-state index < -0.39 is 0 Å². The Labute approximate surface area is 170 Å². The monoisotopic (exact) mass is 397 g/mol. The molecule has 2 aromatic rings. The zero-order valence-electron chi connectivity index (χ0n) is 17.2. The SMILES string of the molecule is CC1(C)C[C@@H]2C[C@@](C)(CN2C(=O)CCc2nnc(-c3ccc4c(c3)OCO4)o2)C1. The summed E-state index contributed by atoms with van der Waals surface area (Å²) in [6, 6.07) is 5.89. The summed E-state index contributed by atoms with van der Waals surface area (Å²) in [6.07, 6.45) is 4.25. The normalized spacial score (nSPS) is 26.7. The van der Waals surface area contributed by atoms with Crippen LogP contribution in [0.2, 0.25) is 0 Å². The number of carbonyl (C=O) groups excluding carboxylic acids is 1. The fourth-order valence-electron chi connectivity index (χ4n) is 5.61. The maximum atomic E-state index is 12.9. The Morgan fingerprint density at radius 3 is 2.86 bits per heavy atom. The summed E-state index contributed by atoms with van der Waals surface area (Å²) in [4.78, 5) is 15.0. The van der Waals surface area contributed by atoms with Gasteiger partial charge in [0.1, 0.15) is 0 Å². The first-order valence-electron chi connectivity index (χ1n) is 10.3. The highest BCUT2D eigenvalue weighted by molar-refractivity contribution is 5.77. The van der Waals surface area contributed by atoms with Gasteiger partial charge in [-0.15, -0.1) is 10.2 Å². The summed E-state index contributed by atoms with van der Waals surface area (Å²) < 4.78 is 16.5. The number of hydrogen-bond donors (Lipinski definition) is 0. The molecule has 0 spiro atoms. The summed E-state index contributed by atoms with van der Waals surface area (Å²) in [5.74, 6) is 2.50. The molecular weight excluding hydrogens is 370 g/mol. The third-order valence-corrected chi connectivity index (χ3v) is 6.37. The Bertz CT molecular complexity index is 953. The number of hydrogen-bond acceptors (Lipinski definition) is 6. The predicted molar refractivity (Wildman–Crippen MR) is 105 cm³/mol. The number of likely N-dealkylation sites (tertiary alicyclic amines) is 1. The molecule has 154 valence electrons. The van der Waals surface area contributed by atoms with E-state index in [4.69, 9.17) is 13.9 Å². The number of amides is 1. The van der Waals surface area contributed by atoms with Crippen LogP contribution in [0.5, 0.6) is 11.5 Å². The van der Waals surface area contributed by atoms with Gasteiger partial charge in [0.25, 0.3) is 0 Å². The van der Waals surface area contributed by atoms with E-state index in [1.165, 1.54) is 6.42 Å².